The molecule has 130 valence electrons. The first-order chi connectivity index (χ1) is 12.6. The molecule has 6 heteroatoms. The summed E-state index contributed by atoms with van der Waals surface area (Å²) >= 11 is 0. The fourth-order valence-electron chi connectivity index (χ4n) is 2.69. The molecule has 1 aromatic heterocycles. The maximum atomic E-state index is 12.6. The fraction of sp³-hybridized carbons (Fsp3) is 0.150. The molecule has 0 radical (unpaired) electrons. The molecule has 6 nitrogen and oxygen atoms in total. The van der Waals surface area contributed by atoms with E-state index in [2.05, 4.69) is 10.6 Å². The van der Waals surface area contributed by atoms with Crippen LogP contribution in [-0.4, -0.2) is 17.9 Å². The van der Waals surface area contributed by atoms with Crippen molar-refractivity contribution >= 4 is 28.5 Å². The molecule has 1 saturated carbocycles. The van der Waals surface area contributed by atoms with Crippen molar-refractivity contribution in [2.75, 3.05) is 5.32 Å². The van der Waals surface area contributed by atoms with Crippen LogP contribution in [0, 0.1) is 0 Å². The Bertz CT molecular complexity index is 1070. The first-order valence-electron chi connectivity index (χ1n) is 8.36. The van der Waals surface area contributed by atoms with Gasteiger partial charge in [-0.2, -0.15) is 0 Å². The van der Waals surface area contributed by atoms with Gasteiger partial charge in [-0.15, -0.1) is 0 Å². The third kappa shape index (κ3) is 3.21. The number of carbonyl (C=O) groups is 2. The minimum Gasteiger partial charge on any atom is -0.422 e. The minimum atomic E-state index is -0.721. The van der Waals surface area contributed by atoms with Gasteiger partial charge in [0.25, 0.3) is 11.8 Å². The van der Waals surface area contributed by atoms with Crippen LogP contribution < -0.4 is 16.3 Å². The predicted octanol–water partition coefficient (Wildman–Crippen LogP) is 2.94. The molecule has 0 aliphatic heterocycles. The van der Waals surface area contributed by atoms with Crippen LogP contribution in [-0.2, 0) is 0 Å². The highest BCUT2D eigenvalue weighted by Gasteiger charge is 2.25. The zero-order valence-corrected chi connectivity index (χ0v) is 13.8. The van der Waals surface area contributed by atoms with Gasteiger partial charge in [0.2, 0.25) is 0 Å². The summed E-state index contributed by atoms with van der Waals surface area (Å²) in [6.07, 6.45) is 1.94. The third-order valence-electron chi connectivity index (χ3n) is 4.22. The van der Waals surface area contributed by atoms with Gasteiger partial charge in [0.05, 0.1) is 11.3 Å². The molecule has 4 rings (SSSR count). The van der Waals surface area contributed by atoms with Crippen molar-refractivity contribution in [2.45, 2.75) is 18.9 Å². The van der Waals surface area contributed by atoms with Gasteiger partial charge < -0.3 is 15.1 Å². The topological polar surface area (TPSA) is 88.4 Å². The van der Waals surface area contributed by atoms with Crippen LogP contribution in [0.3, 0.4) is 0 Å². The van der Waals surface area contributed by atoms with Crippen molar-refractivity contribution in [3.8, 4) is 0 Å². The van der Waals surface area contributed by atoms with E-state index in [1.54, 1.807) is 48.5 Å². The quantitative estimate of drug-likeness (QED) is 0.710. The number of rotatable bonds is 4. The van der Waals surface area contributed by atoms with E-state index in [1.165, 1.54) is 6.07 Å². The van der Waals surface area contributed by atoms with Crippen molar-refractivity contribution < 1.29 is 14.0 Å². The molecular formula is C20H16N2O4. The molecule has 2 N–H and O–H groups in total. The molecule has 1 aliphatic carbocycles. The van der Waals surface area contributed by atoms with Crippen molar-refractivity contribution in [3.05, 3.63) is 76.1 Å². The number of anilines is 1. The molecule has 0 atom stereocenters. The Balaban J connectivity index is 1.63. The number of para-hydroxylation sites is 2. The van der Waals surface area contributed by atoms with Crippen molar-refractivity contribution in [1.29, 1.82) is 0 Å². The standard InChI is InChI=1S/C20H16N2O4/c23-18(21-13-9-10-13)14-6-2-3-7-16(14)22-19(24)15-11-12-5-1-4-8-17(12)26-20(15)25/h1-8,11,13H,9-10H2,(H,21,23)(H,22,24). The zero-order valence-electron chi connectivity index (χ0n) is 13.8. The lowest BCUT2D eigenvalue weighted by Gasteiger charge is -2.11. The highest BCUT2D eigenvalue weighted by molar-refractivity contribution is 6.09. The normalized spacial score (nSPS) is 13.4. The van der Waals surface area contributed by atoms with Crippen LogP contribution in [0.2, 0.25) is 0 Å². The number of fused-ring (bicyclic) bond motifs is 1. The lowest BCUT2D eigenvalue weighted by Crippen LogP contribution is -2.27. The molecule has 1 fully saturated rings. The smallest absolute Gasteiger partial charge is 0.349 e. The number of nitrogens with one attached hydrogen (secondary N) is 2. The van der Waals surface area contributed by atoms with Gasteiger partial charge in [0, 0.05) is 11.4 Å². The van der Waals surface area contributed by atoms with Gasteiger partial charge in [0.1, 0.15) is 11.1 Å². The second-order valence-corrected chi connectivity index (χ2v) is 6.23. The maximum Gasteiger partial charge on any atom is 0.349 e. The fourth-order valence-corrected chi connectivity index (χ4v) is 2.69. The molecular weight excluding hydrogens is 332 g/mol. The zero-order chi connectivity index (χ0) is 18.1. The van der Waals surface area contributed by atoms with Crippen LogP contribution in [0.15, 0.2) is 63.8 Å². The summed E-state index contributed by atoms with van der Waals surface area (Å²) in [5.41, 5.74) is 0.293. The van der Waals surface area contributed by atoms with E-state index in [0.717, 1.165) is 12.8 Å². The minimum absolute atomic E-state index is 0.110. The third-order valence-corrected chi connectivity index (χ3v) is 4.22. The Morgan fingerprint density at radius 1 is 0.923 bits per heavy atom. The largest absolute Gasteiger partial charge is 0.422 e. The lowest BCUT2D eigenvalue weighted by atomic mass is 10.1. The highest BCUT2D eigenvalue weighted by Crippen LogP contribution is 2.22. The number of hydrogen-bond acceptors (Lipinski definition) is 4. The average Bonchev–Trinajstić information content (AvgIpc) is 3.45. The van der Waals surface area contributed by atoms with E-state index in [4.69, 9.17) is 4.42 Å². The molecule has 1 aliphatic rings. The number of hydrogen-bond donors (Lipinski definition) is 2. The van der Waals surface area contributed by atoms with Crippen LogP contribution in [0.5, 0.6) is 0 Å². The summed E-state index contributed by atoms with van der Waals surface area (Å²) in [5.74, 6) is -0.856. The molecule has 1 heterocycles. The Morgan fingerprint density at radius 2 is 1.65 bits per heavy atom. The maximum absolute atomic E-state index is 12.6. The first-order valence-corrected chi connectivity index (χ1v) is 8.36. The molecule has 2 aromatic carbocycles. The van der Waals surface area contributed by atoms with E-state index >= 15 is 0 Å². The summed E-state index contributed by atoms with van der Waals surface area (Å²) in [4.78, 5) is 37.0. The van der Waals surface area contributed by atoms with E-state index in [-0.39, 0.29) is 17.5 Å². The Kier molecular flexibility index (Phi) is 4.01. The van der Waals surface area contributed by atoms with Crippen LogP contribution >= 0.6 is 0 Å². The number of benzene rings is 2. The van der Waals surface area contributed by atoms with Gasteiger partial charge in [-0.1, -0.05) is 30.3 Å². The molecule has 0 saturated heterocycles. The average molecular weight is 348 g/mol. The monoisotopic (exact) mass is 348 g/mol. The van der Waals surface area contributed by atoms with Crippen molar-refractivity contribution in [2.24, 2.45) is 0 Å². The van der Waals surface area contributed by atoms with E-state index < -0.39 is 11.5 Å². The molecule has 0 unspecified atom stereocenters. The van der Waals surface area contributed by atoms with Crippen LogP contribution in [0.1, 0.15) is 33.6 Å². The Labute approximate surface area is 148 Å². The van der Waals surface area contributed by atoms with Crippen molar-refractivity contribution in [1.82, 2.24) is 5.32 Å². The SMILES string of the molecule is O=C(NC1CC1)c1ccccc1NC(=O)c1cc2ccccc2oc1=O. The van der Waals surface area contributed by atoms with Gasteiger partial charge in [-0.3, -0.25) is 9.59 Å². The first kappa shape index (κ1) is 16.1. The predicted molar refractivity (Wildman–Crippen MR) is 97.4 cm³/mol. The van der Waals surface area contributed by atoms with Crippen LogP contribution in [0.25, 0.3) is 11.0 Å². The summed E-state index contributed by atoms with van der Waals surface area (Å²) in [7, 11) is 0. The summed E-state index contributed by atoms with van der Waals surface area (Å²) in [5, 5.41) is 6.19. The molecule has 2 amide bonds. The number of amides is 2. The summed E-state index contributed by atoms with van der Waals surface area (Å²) in [6.45, 7) is 0. The van der Waals surface area contributed by atoms with Crippen molar-refractivity contribution in [3.63, 3.8) is 0 Å². The summed E-state index contributed by atoms with van der Waals surface area (Å²) < 4.78 is 5.19. The van der Waals surface area contributed by atoms with Gasteiger partial charge >= 0.3 is 5.63 Å². The van der Waals surface area contributed by atoms with E-state index in [1.807, 2.05) is 0 Å². The second kappa shape index (κ2) is 6.48. The number of carbonyl (C=O) groups excluding carboxylic acids is 2. The molecule has 3 aromatic rings. The van der Waals surface area contributed by atoms with Gasteiger partial charge in [0.15, 0.2) is 0 Å². The molecule has 26 heavy (non-hydrogen) atoms. The second-order valence-electron chi connectivity index (χ2n) is 6.23. The Morgan fingerprint density at radius 3 is 2.46 bits per heavy atom. The van der Waals surface area contributed by atoms with Gasteiger partial charge in [-0.25, -0.2) is 4.79 Å². The molecule has 0 spiro atoms. The van der Waals surface area contributed by atoms with Gasteiger partial charge in [-0.05, 0) is 37.1 Å². The van der Waals surface area contributed by atoms with E-state index in [0.29, 0.717) is 22.2 Å². The lowest BCUT2D eigenvalue weighted by molar-refractivity contribution is 0.0952. The van der Waals surface area contributed by atoms with E-state index in [9.17, 15) is 14.4 Å². The Hall–Kier alpha value is -3.41. The highest BCUT2D eigenvalue weighted by atomic mass is 16.4. The summed E-state index contributed by atoms with van der Waals surface area (Å²) in [6, 6.07) is 15.4. The van der Waals surface area contributed by atoms with Crippen LogP contribution in [0.4, 0.5) is 5.69 Å². The molecule has 0 bridgehead atoms.